The van der Waals surface area contributed by atoms with Gasteiger partial charge in [-0.25, -0.2) is 4.98 Å². The normalized spacial score (nSPS) is 18.9. The topological polar surface area (TPSA) is 156 Å². The van der Waals surface area contributed by atoms with Crippen molar-refractivity contribution < 1.29 is 24.6 Å². The van der Waals surface area contributed by atoms with E-state index in [1.54, 1.807) is 22.2 Å². The second-order valence-corrected chi connectivity index (χ2v) is 16.8. The molecule has 13 heteroatoms. The maximum atomic E-state index is 14.5. The molecule has 53 heavy (non-hydrogen) atoms. The number of aliphatic hydroxyl groups is 2. The average Bonchev–Trinajstić information content (AvgIpc) is 3.56. The number of likely N-dealkylation sites (N-methyl/N-ethyl adjacent to an activating group) is 2. The highest BCUT2D eigenvalue weighted by Crippen LogP contribution is 2.30. The molecule has 4 rings (SSSR count). The number of carbonyl (C=O) groups excluding carboxylic acids is 3. The highest BCUT2D eigenvalue weighted by Gasteiger charge is 2.35. The average molecular weight is 756 g/mol. The maximum Gasteiger partial charge on any atom is 0.242 e. The number of rotatable bonds is 19. The molecule has 0 spiro atoms. The standard InChI is InChI=1S/C40H65N7O5S/c1-28(2)22-35(48)38(51)34(23-30-12-8-6-9-13-30)43-39(52)32(24-33-27-53-40(41)42-33)25-36(49)47(29(3)31-14-10-7-11-15-31)26-37(50)45(5)18-21-46-19-16-44(4)17-20-46/h7,10-11,14-15,27-30,32,34-35,38,48,51H,6,8-9,12-13,16-26H2,1-5H3,(H2,41,42)(H,43,52)/t29-,32+,34-,35-,38+/m0/s1. The number of nitrogens with two attached hydrogens (primary N) is 1. The van der Waals surface area contributed by atoms with Crippen LogP contribution in [0.15, 0.2) is 35.7 Å². The monoisotopic (exact) mass is 755 g/mol. The van der Waals surface area contributed by atoms with Gasteiger partial charge in [-0.1, -0.05) is 76.3 Å². The number of anilines is 1. The molecule has 2 heterocycles. The van der Waals surface area contributed by atoms with E-state index in [2.05, 4.69) is 27.1 Å². The number of piperazine rings is 1. The lowest BCUT2D eigenvalue weighted by Gasteiger charge is -2.35. The van der Waals surface area contributed by atoms with Crippen molar-refractivity contribution in [2.45, 2.75) is 103 Å². The highest BCUT2D eigenvalue weighted by atomic mass is 32.1. The lowest BCUT2D eigenvalue weighted by Crippen LogP contribution is -2.52. The summed E-state index contributed by atoms with van der Waals surface area (Å²) in [5.41, 5.74) is 7.46. The van der Waals surface area contributed by atoms with Crippen molar-refractivity contribution in [1.82, 2.24) is 29.9 Å². The fourth-order valence-electron chi connectivity index (χ4n) is 7.62. The predicted molar refractivity (Wildman–Crippen MR) is 211 cm³/mol. The van der Waals surface area contributed by atoms with Gasteiger partial charge < -0.3 is 36.0 Å². The fraction of sp³-hybridized carbons (Fsp3) is 0.700. The quantitative estimate of drug-likeness (QED) is 0.168. The molecule has 1 aromatic carbocycles. The molecule has 0 bridgehead atoms. The van der Waals surface area contributed by atoms with Crippen molar-refractivity contribution in [3.63, 3.8) is 0 Å². The lowest BCUT2D eigenvalue weighted by atomic mass is 9.82. The Kier molecular flexibility index (Phi) is 17.0. The number of amides is 3. The lowest BCUT2D eigenvalue weighted by molar-refractivity contribution is -0.144. The molecule has 1 aliphatic heterocycles. The summed E-state index contributed by atoms with van der Waals surface area (Å²) in [7, 11) is 3.90. The van der Waals surface area contributed by atoms with Crippen LogP contribution < -0.4 is 11.1 Å². The molecule has 0 radical (unpaired) electrons. The highest BCUT2D eigenvalue weighted by molar-refractivity contribution is 7.13. The summed E-state index contributed by atoms with van der Waals surface area (Å²) in [6, 6.07) is 8.51. The van der Waals surface area contributed by atoms with Crippen molar-refractivity contribution >= 4 is 34.2 Å². The summed E-state index contributed by atoms with van der Waals surface area (Å²) in [5, 5.41) is 27.7. The second-order valence-electron chi connectivity index (χ2n) is 15.9. The van der Waals surface area contributed by atoms with Crippen molar-refractivity contribution in [3.8, 4) is 0 Å². The van der Waals surface area contributed by atoms with Gasteiger partial charge in [0.25, 0.3) is 0 Å². The SMILES string of the molecule is CC(C)C[C@H](O)[C@H](O)[C@H](CC1CCCCC1)NC(=O)[C@@H](CC(=O)N(CC(=O)N(C)CCN1CCN(C)CC1)[C@@H](C)c1ccccc1)Cc1csc(N)n1. The van der Waals surface area contributed by atoms with Gasteiger partial charge in [-0.2, -0.15) is 0 Å². The smallest absolute Gasteiger partial charge is 0.242 e. The van der Waals surface area contributed by atoms with Gasteiger partial charge in [-0.15, -0.1) is 11.3 Å². The van der Waals surface area contributed by atoms with Gasteiger partial charge in [0.1, 0.15) is 12.6 Å². The van der Waals surface area contributed by atoms with Gasteiger partial charge >= 0.3 is 0 Å². The Balaban J connectivity index is 1.54. The molecule has 0 unspecified atom stereocenters. The number of nitrogens with one attached hydrogen (secondary N) is 1. The first kappa shape index (κ1) is 42.6. The van der Waals surface area contributed by atoms with Crippen LogP contribution in [-0.2, 0) is 20.8 Å². The molecule has 1 aliphatic carbocycles. The largest absolute Gasteiger partial charge is 0.390 e. The molecular weight excluding hydrogens is 691 g/mol. The van der Waals surface area contributed by atoms with Crippen LogP contribution in [0.4, 0.5) is 5.13 Å². The molecule has 12 nitrogen and oxygen atoms in total. The van der Waals surface area contributed by atoms with Crippen LogP contribution in [0.2, 0.25) is 0 Å². The Morgan fingerprint density at radius 2 is 1.70 bits per heavy atom. The summed E-state index contributed by atoms with van der Waals surface area (Å²) in [6.45, 7) is 11.0. The van der Waals surface area contributed by atoms with Crippen molar-refractivity contribution in [2.75, 3.05) is 65.6 Å². The van der Waals surface area contributed by atoms with Crippen LogP contribution >= 0.6 is 11.3 Å². The molecule has 5 atom stereocenters. The van der Waals surface area contributed by atoms with Gasteiger partial charge in [0.15, 0.2) is 5.13 Å². The van der Waals surface area contributed by atoms with Gasteiger partial charge in [0.05, 0.1) is 29.8 Å². The number of nitrogens with zero attached hydrogens (tertiary/aromatic N) is 5. The minimum atomic E-state index is -1.15. The van der Waals surface area contributed by atoms with Crippen molar-refractivity contribution in [3.05, 3.63) is 47.0 Å². The summed E-state index contributed by atoms with van der Waals surface area (Å²) in [6.07, 6.45) is 4.24. The predicted octanol–water partition coefficient (Wildman–Crippen LogP) is 3.79. The fourth-order valence-corrected chi connectivity index (χ4v) is 8.19. The van der Waals surface area contributed by atoms with E-state index in [0.29, 0.717) is 36.1 Å². The van der Waals surface area contributed by atoms with Crippen LogP contribution in [0.1, 0.15) is 89.4 Å². The number of hydrogen-bond donors (Lipinski definition) is 4. The number of aromatic nitrogens is 1. The first-order valence-corrected chi connectivity index (χ1v) is 20.5. The van der Waals surface area contributed by atoms with E-state index in [9.17, 15) is 24.6 Å². The van der Waals surface area contributed by atoms with E-state index >= 15 is 0 Å². The number of nitrogen functional groups attached to an aromatic ring is 1. The Hall–Kier alpha value is -3.10. The molecule has 3 amide bonds. The number of carbonyl (C=O) groups is 3. The third-order valence-corrected chi connectivity index (χ3v) is 11.8. The Morgan fingerprint density at radius 1 is 1.02 bits per heavy atom. The van der Waals surface area contributed by atoms with E-state index in [0.717, 1.165) is 64.0 Å². The molecule has 1 saturated heterocycles. The summed E-state index contributed by atoms with van der Waals surface area (Å²) < 4.78 is 0. The second kappa shape index (κ2) is 21.1. The van der Waals surface area contributed by atoms with Crippen LogP contribution in [0.25, 0.3) is 0 Å². The van der Waals surface area contributed by atoms with Gasteiger partial charge in [-0.3, -0.25) is 19.3 Å². The van der Waals surface area contributed by atoms with E-state index in [1.165, 1.54) is 17.8 Å². The molecule has 5 N–H and O–H groups in total. The van der Waals surface area contributed by atoms with Crippen LogP contribution in [0.5, 0.6) is 0 Å². The zero-order valence-electron chi connectivity index (χ0n) is 32.7. The Bertz CT molecular complexity index is 1410. The molecule has 296 valence electrons. The van der Waals surface area contributed by atoms with Crippen molar-refractivity contribution in [1.29, 1.82) is 0 Å². The third kappa shape index (κ3) is 13.6. The number of aliphatic hydroxyl groups excluding tert-OH is 2. The molecular formula is C40H65N7O5S. The summed E-state index contributed by atoms with van der Waals surface area (Å²) >= 11 is 1.27. The van der Waals surface area contributed by atoms with Crippen LogP contribution in [0.3, 0.4) is 0 Å². The van der Waals surface area contributed by atoms with Crippen LogP contribution in [0, 0.1) is 17.8 Å². The molecule has 1 aromatic heterocycles. The Labute approximate surface area is 321 Å². The third-order valence-electron chi connectivity index (χ3n) is 11.1. The van der Waals surface area contributed by atoms with E-state index in [-0.39, 0.29) is 43.0 Å². The van der Waals surface area contributed by atoms with E-state index in [4.69, 9.17) is 5.73 Å². The number of hydrogen-bond acceptors (Lipinski definition) is 10. The zero-order valence-corrected chi connectivity index (χ0v) is 33.5. The van der Waals surface area contributed by atoms with E-state index in [1.807, 2.05) is 51.1 Å². The van der Waals surface area contributed by atoms with E-state index < -0.39 is 30.2 Å². The number of benzene rings is 1. The zero-order chi connectivity index (χ0) is 38.5. The molecule has 2 aromatic rings. The molecule has 1 saturated carbocycles. The number of thiazole rings is 1. The minimum absolute atomic E-state index is 0.128. The first-order chi connectivity index (χ1) is 25.3. The molecule has 2 fully saturated rings. The van der Waals surface area contributed by atoms with Gasteiger partial charge in [-0.05, 0) is 44.2 Å². The first-order valence-electron chi connectivity index (χ1n) is 19.7. The summed E-state index contributed by atoms with van der Waals surface area (Å²) in [4.78, 5) is 54.9. The summed E-state index contributed by atoms with van der Waals surface area (Å²) in [5.74, 6) is -1.23. The minimum Gasteiger partial charge on any atom is -0.390 e. The molecule has 2 aliphatic rings. The van der Waals surface area contributed by atoms with Crippen molar-refractivity contribution in [2.24, 2.45) is 17.8 Å². The van der Waals surface area contributed by atoms with Gasteiger partial charge in [0.2, 0.25) is 17.7 Å². The maximum absolute atomic E-state index is 14.5. The van der Waals surface area contributed by atoms with Gasteiger partial charge in [0, 0.05) is 64.5 Å². The van der Waals surface area contributed by atoms with Crippen LogP contribution in [-0.4, -0.2) is 131 Å². The Morgan fingerprint density at radius 3 is 2.32 bits per heavy atom.